The molecular weight excluding hydrogens is 432 g/mol. The number of nitrogens with two attached hydrogens (primary N) is 1. The lowest BCUT2D eigenvalue weighted by Gasteiger charge is -2.52. The topological polar surface area (TPSA) is 112 Å². The molecule has 3 aliphatic heterocycles. The second-order valence-electron chi connectivity index (χ2n) is 10.9. The first-order valence-electron chi connectivity index (χ1n) is 13.2. The summed E-state index contributed by atoms with van der Waals surface area (Å²) in [6, 6.07) is 9.50. The molecule has 0 spiro atoms. The summed E-state index contributed by atoms with van der Waals surface area (Å²) in [5.74, 6) is 1.24. The Kier molecular flexibility index (Phi) is 7.19. The molecule has 7 atom stereocenters. The van der Waals surface area contributed by atoms with E-state index in [0.29, 0.717) is 12.6 Å². The number of nitrogens with zero attached hydrogens (tertiary/aromatic N) is 1. The number of likely N-dealkylation sites (tertiary alicyclic amines) is 1. The fourth-order valence-corrected chi connectivity index (χ4v) is 6.95. The molecule has 4 fully saturated rings. The van der Waals surface area contributed by atoms with Gasteiger partial charge < -0.3 is 25.4 Å². The predicted octanol–water partition coefficient (Wildman–Crippen LogP) is 1.72. The van der Waals surface area contributed by atoms with Gasteiger partial charge in [0.1, 0.15) is 36.4 Å². The molecule has 3 heterocycles. The zero-order valence-electron chi connectivity index (χ0n) is 20.4. The Morgan fingerprint density at radius 2 is 1.82 bits per heavy atom. The van der Waals surface area contributed by atoms with Crippen LogP contribution >= 0.6 is 0 Å². The minimum atomic E-state index is -1.42. The SMILES string of the molecule is C[C@@]1(O)[C@@H](COc2ccccc2)O[C@@H](N2CCC3(C4CCCCCCC4)C(N)NCNC23)[C@@H]1O. The Hall–Kier alpha value is -1.26. The van der Waals surface area contributed by atoms with Crippen molar-refractivity contribution in [2.24, 2.45) is 17.1 Å². The van der Waals surface area contributed by atoms with E-state index in [-0.39, 0.29) is 24.4 Å². The van der Waals surface area contributed by atoms with E-state index in [1.807, 2.05) is 30.3 Å². The van der Waals surface area contributed by atoms with Crippen molar-refractivity contribution in [1.82, 2.24) is 15.5 Å². The number of benzene rings is 1. The van der Waals surface area contributed by atoms with Crippen molar-refractivity contribution in [1.29, 1.82) is 0 Å². The third-order valence-corrected chi connectivity index (χ3v) is 9.00. The summed E-state index contributed by atoms with van der Waals surface area (Å²) < 4.78 is 12.2. The van der Waals surface area contributed by atoms with Crippen LogP contribution in [0.5, 0.6) is 5.75 Å². The van der Waals surface area contributed by atoms with Crippen LogP contribution in [0.3, 0.4) is 0 Å². The first-order chi connectivity index (χ1) is 16.4. The molecule has 1 aliphatic carbocycles. The van der Waals surface area contributed by atoms with Crippen molar-refractivity contribution < 1.29 is 19.7 Å². The van der Waals surface area contributed by atoms with E-state index in [2.05, 4.69) is 15.5 Å². The van der Waals surface area contributed by atoms with Crippen LogP contribution in [0.15, 0.2) is 30.3 Å². The van der Waals surface area contributed by atoms with E-state index in [1.165, 1.54) is 44.9 Å². The van der Waals surface area contributed by atoms with Gasteiger partial charge in [0, 0.05) is 18.6 Å². The van der Waals surface area contributed by atoms with Gasteiger partial charge >= 0.3 is 0 Å². The smallest absolute Gasteiger partial charge is 0.141 e. The Labute approximate surface area is 203 Å². The van der Waals surface area contributed by atoms with Crippen molar-refractivity contribution >= 4 is 0 Å². The van der Waals surface area contributed by atoms with E-state index < -0.39 is 24.0 Å². The number of aliphatic hydroxyl groups is 2. The maximum Gasteiger partial charge on any atom is 0.141 e. The van der Waals surface area contributed by atoms with E-state index in [4.69, 9.17) is 15.2 Å². The molecular formula is C26H42N4O4. The molecule has 0 bridgehead atoms. The highest BCUT2D eigenvalue weighted by atomic mass is 16.6. The number of hydrogen-bond acceptors (Lipinski definition) is 8. The summed E-state index contributed by atoms with van der Waals surface area (Å²) in [6.45, 7) is 3.21. The third kappa shape index (κ3) is 4.28. The van der Waals surface area contributed by atoms with Gasteiger partial charge in [0.25, 0.3) is 0 Å². The van der Waals surface area contributed by atoms with Crippen LogP contribution in [0.25, 0.3) is 0 Å². The predicted molar refractivity (Wildman–Crippen MR) is 130 cm³/mol. The Balaban J connectivity index is 1.34. The molecule has 3 unspecified atom stereocenters. The van der Waals surface area contributed by atoms with E-state index in [0.717, 1.165) is 18.7 Å². The maximum absolute atomic E-state index is 11.2. The van der Waals surface area contributed by atoms with Gasteiger partial charge in [-0.1, -0.05) is 50.3 Å². The highest BCUT2D eigenvalue weighted by molar-refractivity contribution is 5.21. The lowest BCUT2D eigenvalue weighted by molar-refractivity contribution is -0.128. The van der Waals surface area contributed by atoms with Gasteiger partial charge in [0.2, 0.25) is 0 Å². The minimum absolute atomic E-state index is 0.00239. The van der Waals surface area contributed by atoms with Crippen LogP contribution in [0.4, 0.5) is 0 Å². The van der Waals surface area contributed by atoms with Crippen LogP contribution in [-0.4, -0.2) is 71.3 Å². The molecule has 1 saturated carbocycles. The first-order valence-corrected chi connectivity index (χ1v) is 13.2. The van der Waals surface area contributed by atoms with Crippen LogP contribution in [0.2, 0.25) is 0 Å². The second kappa shape index (κ2) is 10.0. The third-order valence-electron chi connectivity index (χ3n) is 9.00. The van der Waals surface area contributed by atoms with Gasteiger partial charge in [-0.05, 0) is 44.2 Å². The van der Waals surface area contributed by atoms with Gasteiger partial charge in [0.05, 0.1) is 12.3 Å². The summed E-state index contributed by atoms with van der Waals surface area (Å²) in [5, 5.41) is 29.6. The number of ether oxygens (including phenoxy) is 2. The van der Waals surface area contributed by atoms with Crippen molar-refractivity contribution in [3.05, 3.63) is 30.3 Å². The van der Waals surface area contributed by atoms with E-state index >= 15 is 0 Å². The van der Waals surface area contributed by atoms with E-state index in [1.54, 1.807) is 6.92 Å². The zero-order chi connectivity index (χ0) is 23.8. The monoisotopic (exact) mass is 474 g/mol. The number of fused-ring (bicyclic) bond motifs is 1. The normalized spacial score (nSPS) is 42.2. The maximum atomic E-state index is 11.2. The number of aliphatic hydroxyl groups excluding tert-OH is 1. The number of para-hydroxylation sites is 1. The standard InChI is InChI=1S/C26H42N4O4/c1-25(32)20(16-33-19-12-8-5-9-13-19)34-22(21(25)31)30-15-14-26(23(27)28-17-29-24(26)30)18-10-6-3-2-4-7-11-18/h5,8-9,12-13,18,20-24,28-29,31-32H,2-4,6-7,10-11,14-17,27H2,1H3/t20-,21+,22-,23?,24?,25-,26?/m1/s1. The zero-order valence-corrected chi connectivity index (χ0v) is 20.4. The molecule has 1 aromatic rings. The van der Waals surface area contributed by atoms with Crippen LogP contribution in [0.1, 0.15) is 58.3 Å². The van der Waals surface area contributed by atoms with Crippen molar-refractivity contribution in [2.75, 3.05) is 19.8 Å². The van der Waals surface area contributed by atoms with Crippen molar-refractivity contribution in [3.63, 3.8) is 0 Å². The Morgan fingerprint density at radius 3 is 2.56 bits per heavy atom. The molecule has 0 aromatic heterocycles. The molecule has 34 heavy (non-hydrogen) atoms. The molecule has 3 saturated heterocycles. The average Bonchev–Trinajstić information content (AvgIpc) is 3.30. The molecule has 8 nitrogen and oxygen atoms in total. The lowest BCUT2D eigenvalue weighted by atomic mass is 9.65. The molecule has 0 amide bonds. The highest BCUT2D eigenvalue weighted by Gasteiger charge is 2.62. The van der Waals surface area contributed by atoms with Gasteiger partial charge in [0.15, 0.2) is 0 Å². The summed E-state index contributed by atoms with van der Waals surface area (Å²) in [4.78, 5) is 2.22. The summed E-state index contributed by atoms with van der Waals surface area (Å²) in [7, 11) is 0. The summed E-state index contributed by atoms with van der Waals surface area (Å²) in [5.41, 5.74) is 5.28. The van der Waals surface area contributed by atoms with Crippen molar-refractivity contribution in [2.45, 2.75) is 94.7 Å². The van der Waals surface area contributed by atoms with E-state index in [9.17, 15) is 10.2 Å². The molecule has 5 rings (SSSR count). The molecule has 190 valence electrons. The molecule has 6 N–H and O–H groups in total. The van der Waals surface area contributed by atoms with Crippen molar-refractivity contribution in [3.8, 4) is 5.75 Å². The molecule has 8 heteroatoms. The molecule has 4 aliphatic rings. The Morgan fingerprint density at radius 1 is 1.12 bits per heavy atom. The highest BCUT2D eigenvalue weighted by Crippen LogP contribution is 2.51. The minimum Gasteiger partial charge on any atom is -0.491 e. The molecule has 0 radical (unpaired) electrons. The van der Waals surface area contributed by atoms with Crippen LogP contribution < -0.4 is 21.1 Å². The fraction of sp³-hybridized carbons (Fsp3) is 0.769. The Bertz CT molecular complexity index is 803. The number of nitrogens with one attached hydrogen (secondary N) is 2. The summed E-state index contributed by atoms with van der Waals surface area (Å²) in [6.07, 6.45) is 7.37. The quantitative estimate of drug-likeness (QED) is 0.439. The largest absolute Gasteiger partial charge is 0.491 e. The lowest BCUT2D eigenvalue weighted by Crippen LogP contribution is -2.72. The molecule has 1 aromatic carbocycles. The van der Waals surface area contributed by atoms with Gasteiger partial charge in [-0.3, -0.25) is 15.5 Å². The number of hydrogen-bond donors (Lipinski definition) is 5. The number of rotatable bonds is 5. The van der Waals surface area contributed by atoms with Crippen LogP contribution in [0, 0.1) is 11.3 Å². The first kappa shape index (κ1) is 24.4. The fourth-order valence-electron chi connectivity index (χ4n) is 6.95. The van der Waals surface area contributed by atoms with Gasteiger partial charge in [-0.2, -0.15) is 0 Å². The second-order valence-corrected chi connectivity index (χ2v) is 10.9. The van der Waals surface area contributed by atoms with Gasteiger partial charge in [-0.25, -0.2) is 0 Å². The summed E-state index contributed by atoms with van der Waals surface area (Å²) >= 11 is 0. The average molecular weight is 475 g/mol. The van der Waals surface area contributed by atoms with Gasteiger partial charge in [-0.15, -0.1) is 0 Å². The van der Waals surface area contributed by atoms with Crippen LogP contribution in [-0.2, 0) is 4.74 Å².